The van der Waals surface area contributed by atoms with Gasteiger partial charge in [0, 0.05) is 12.8 Å². The molecule has 0 aromatic carbocycles. The Morgan fingerprint density at radius 2 is 0.815 bits per heavy atom. The molecule has 1 unspecified atom stereocenters. The topological polar surface area (TPSA) is 72.8 Å². The van der Waals surface area contributed by atoms with E-state index in [0.29, 0.717) is 12.8 Å². The van der Waals surface area contributed by atoms with E-state index >= 15 is 0 Å². The van der Waals surface area contributed by atoms with Crippen LogP contribution in [-0.4, -0.2) is 36.4 Å². The fourth-order valence-electron chi connectivity index (χ4n) is 5.60. The van der Waals surface area contributed by atoms with Crippen LogP contribution in [0.5, 0.6) is 0 Å². The van der Waals surface area contributed by atoms with Crippen molar-refractivity contribution in [3.63, 3.8) is 0 Å². The predicted molar refractivity (Wildman–Crippen MR) is 232 cm³/mol. The van der Waals surface area contributed by atoms with Crippen molar-refractivity contribution in [2.75, 3.05) is 13.2 Å². The van der Waals surface area contributed by atoms with E-state index < -0.39 is 6.10 Å². The van der Waals surface area contributed by atoms with Crippen molar-refractivity contribution in [3.8, 4) is 0 Å². The third-order valence-electron chi connectivity index (χ3n) is 8.86. The molecule has 0 aromatic heterocycles. The van der Waals surface area contributed by atoms with Crippen molar-refractivity contribution in [2.24, 2.45) is 0 Å². The monoisotopic (exact) mass is 749 g/mol. The van der Waals surface area contributed by atoms with Crippen LogP contribution in [0.15, 0.2) is 97.2 Å². The summed E-state index contributed by atoms with van der Waals surface area (Å²) in [5.41, 5.74) is 0. The van der Waals surface area contributed by atoms with Gasteiger partial charge in [0.2, 0.25) is 0 Å². The van der Waals surface area contributed by atoms with E-state index in [4.69, 9.17) is 9.47 Å². The average Bonchev–Trinajstić information content (AvgIpc) is 3.17. The van der Waals surface area contributed by atoms with Crippen molar-refractivity contribution in [3.05, 3.63) is 97.2 Å². The molecule has 0 aliphatic heterocycles. The van der Waals surface area contributed by atoms with Gasteiger partial charge in [-0.05, 0) is 89.9 Å². The molecule has 0 saturated carbocycles. The number of aliphatic hydroxyl groups is 1. The van der Waals surface area contributed by atoms with Crippen LogP contribution in [0.3, 0.4) is 0 Å². The summed E-state index contributed by atoms with van der Waals surface area (Å²) in [5, 5.41) is 9.57. The van der Waals surface area contributed by atoms with Crippen LogP contribution < -0.4 is 0 Å². The van der Waals surface area contributed by atoms with Crippen LogP contribution in [0, 0.1) is 0 Å². The van der Waals surface area contributed by atoms with E-state index in [1.54, 1.807) is 0 Å². The van der Waals surface area contributed by atoms with E-state index in [9.17, 15) is 14.7 Å². The molecule has 0 spiro atoms. The third-order valence-corrected chi connectivity index (χ3v) is 8.86. The molecule has 306 valence electrons. The summed E-state index contributed by atoms with van der Waals surface area (Å²) in [6.45, 7) is 3.96. The predicted octanol–water partition coefficient (Wildman–Crippen LogP) is 14.1. The van der Waals surface area contributed by atoms with Gasteiger partial charge >= 0.3 is 11.9 Å². The van der Waals surface area contributed by atoms with Crippen LogP contribution in [-0.2, 0) is 19.1 Å². The maximum Gasteiger partial charge on any atom is 0.306 e. The Kier molecular flexibility index (Phi) is 41.6. The Hall–Kier alpha value is -3.18. The normalized spacial score (nSPS) is 13.2. The van der Waals surface area contributed by atoms with Crippen LogP contribution in [0.25, 0.3) is 0 Å². The number of ether oxygens (including phenoxy) is 2. The molecule has 0 rings (SSSR count). The maximum atomic E-state index is 12.2. The first-order valence-electron chi connectivity index (χ1n) is 21.8. The van der Waals surface area contributed by atoms with E-state index in [2.05, 4.69) is 111 Å². The van der Waals surface area contributed by atoms with Crippen LogP contribution >= 0.6 is 0 Å². The van der Waals surface area contributed by atoms with E-state index in [1.165, 1.54) is 77.0 Å². The first-order chi connectivity index (χ1) is 26.6. The molecule has 0 aliphatic carbocycles. The Balaban J connectivity index is 3.70. The highest BCUT2D eigenvalue weighted by molar-refractivity contribution is 5.70. The molecule has 0 radical (unpaired) electrons. The van der Waals surface area contributed by atoms with Gasteiger partial charge in [0.25, 0.3) is 0 Å². The second-order valence-corrected chi connectivity index (χ2v) is 14.0. The quantitative estimate of drug-likeness (QED) is 0.0387. The smallest absolute Gasteiger partial charge is 0.306 e. The van der Waals surface area contributed by atoms with Crippen LogP contribution in [0.4, 0.5) is 0 Å². The fourth-order valence-corrected chi connectivity index (χ4v) is 5.60. The summed E-state index contributed by atoms with van der Waals surface area (Å²) in [6, 6.07) is 0. The van der Waals surface area contributed by atoms with Crippen molar-refractivity contribution in [2.45, 2.75) is 187 Å². The van der Waals surface area contributed by atoms with Gasteiger partial charge in [-0.2, -0.15) is 0 Å². The highest BCUT2D eigenvalue weighted by atomic mass is 16.6. The van der Waals surface area contributed by atoms with Crippen molar-refractivity contribution < 1.29 is 24.2 Å². The molecule has 1 N–H and O–H groups in total. The molecule has 0 amide bonds. The largest absolute Gasteiger partial charge is 0.462 e. The summed E-state index contributed by atoms with van der Waals surface area (Å²) >= 11 is 0. The lowest BCUT2D eigenvalue weighted by Gasteiger charge is -2.15. The summed E-state index contributed by atoms with van der Waals surface area (Å²) in [6.07, 6.45) is 61.9. The lowest BCUT2D eigenvalue weighted by atomic mass is 10.1. The molecule has 5 nitrogen and oxygen atoms in total. The molecule has 0 saturated heterocycles. The van der Waals surface area contributed by atoms with Gasteiger partial charge in [0.1, 0.15) is 6.61 Å². The minimum Gasteiger partial charge on any atom is -0.462 e. The highest BCUT2D eigenvalue weighted by Gasteiger charge is 2.15. The maximum absolute atomic E-state index is 12.2. The van der Waals surface area contributed by atoms with Crippen molar-refractivity contribution in [1.29, 1.82) is 0 Å². The first kappa shape index (κ1) is 50.8. The van der Waals surface area contributed by atoms with E-state index in [0.717, 1.165) is 70.6 Å². The fraction of sp³-hybridized carbons (Fsp3) is 0.633. The molecule has 0 fully saturated rings. The third kappa shape index (κ3) is 41.6. The number of aliphatic hydroxyl groups excluding tert-OH is 1. The number of hydrogen-bond acceptors (Lipinski definition) is 5. The number of carbonyl (C=O) groups excluding carboxylic acids is 2. The number of carbonyl (C=O) groups is 2. The second-order valence-electron chi connectivity index (χ2n) is 14.0. The molecular weight excluding hydrogens is 669 g/mol. The molecule has 0 bridgehead atoms. The zero-order valence-corrected chi connectivity index (χ0v) is 34.7. The summed E-state index contributed by atoms with van der Waals surface area (Å²) in [7, 11) is 0. The van der Waals surface area contributed by atoms with Gasteiger partial charge in [-0.15, -0.1) is 0 Å². The zero-order chi connectivity index (χ0) is 39.3. The SMILES string of the molecule is CC/C=C\C/C=C\C/C=C\C/C=C\C/C=C\C/C=C\C/C=C\CCCC(=O)OC(CO)COC(=O)CCCCCCCCC/C=C\CCCCCCCC. The van der Waals surface area contributed by atoms with Crippen LogP contribution in [0.1, 0.15) is 181 Å². The van der Waals surface area contributed by atoms with E-state index in [-0.39, 0.29) is 31.6 Å². The molecule has 0 aromatic rings. The van der Waals surface area contributed by atoms with Crippen molar-refractivity contribution in [1.82, 2.24) is 0 Å². The van der Waals surface area contributed by atoms with Gasteiger partial charge in [-0.3, -0.25) is 9.59 Å². The molecule has 1 atom stereocenters. The lowest BCUT2D eigenvalue weighted by Crippen LogP contribution is -2.28. The second kappa shape index (κ2) is 44.2. The Morgan fingerprint density at radius 1 is 0.444 bits per heavy atom. The Morgan fingerprint density at radius 3 is 1.28 bits per heavy atom. The number of rotatable bonds is 38. The van der Waals surface area contributed by atoms with Gasteiger partial charge in [0.15, 0.2) is 6.10 Å². The standard InChI is InChI=1S/C49H80O5/c1-3-5-7-9-11-13-15-17-19-21-22-23-24-25-26-28-30-32-34-36-38-40-42-44-49(52)54-47(45-50)46-53-48(51)43-41-39-37-35-33-31-29-27-20-18-16-14-12-10-8-6-4-2/h5,7,11,13,17-20,22-23,25-26,30,32,36,38,47,50H,3-4,6,8-10,12,14-16,21,24,27-29,31,33-35,37,39-46H2,1-2H3/b7-5-,13-11-,19-17-,20-18-,23-22-,26-25-,32-30-,38-36-. The van der Waals surface area contributed by atoms with Gasteiger partial charge in [0.05, 0.1) is 6.61 Å². The first-order valence-corrected chi connectivity index (χ1v) is 21.8. The minimum atomic E-state index is -0.810. The highest BCUT2D eigenvalue weighted by Crippen LogP contribution is 2.12. The Labute approximate surface area is 332 Å². The summed E-state index contributed by atoms with van der Waals surface area (Å²) in [4.78, 5) is 24.3. The average molecular weight is 749 g/mol. The number of hydrogen-bond donors (Lipinski definition) is 1. The van der Waals surface area contributed by atoms with Gasteiger partial charge in [-0.25, -0.2) is 0 Å². The van der Waals surface area contributed by atoms with Crippen LogP contribution in [0.2, 0.25) is 0 Å². The Bertz CT molecular complexity index is 1070. The van der Waals surface area contributed by atoms with E-state index in [1.807, 2.05) is 0 Å². The zero-order valence-electron chi connectivity index (χ0n) is 34.7. The van der Waals surface area contributed by atoms with Crippen molar-refractivity contribution >= 4 is 11.9 Å². The summed E-state index contributed by atoms with van der Waals surface area (Å²) in [5.74, 6) is -0.672. The van der Waals surface area contributed by atoms with Gasteiger partial charge in [-0.1, -0.05) is 175 Å². The molecular formula is C49H80O5. The molecule has 5 heteroatoms. The minimum absolute atomic E-state index is 0.0969. The number of allylic oxidation sites excluding steroid dienone is 16. The number of esters is 2. The van der Waals surface area contributed by atoms with Gasteiger partial charge < -0.3 is 14.6 Å². The molecule has 0 aliphatic rings. The number of unbranched alkanes of at least 4 members (excludes halogenated alkanes) is 14. The lowest BCUT2D eigenvalue weighted by molar-refractivity contribution is -0.161. The molecule has 54 heavy (non-hydrogen) atoms. The summed E-state index contributed by atoms with van der Waals surface area (Å²) < 4.78 is 10.6. The molecule has 0 heterocycles.